The quantitative estimate of drug-likeness (QED) is 0.484. The van der Waals surface area contributed by atoms with E-state index in [1.807, 2.05) is 0 Å². The number of benzene rings is 1. The fraction of sp³-hybridized carbons (Fsp3) is 0.600. The van der Waals surface area contributed by atoms with Crippen molar-refractivity contribution in [2.45, 2.75) is 77.0 Å². The molecule has 0 amide bonds. The molecule has 2 saturated carbocycles. The third kappa shape index (κ3) is 5.93. The molecule has 2 aliphatic rings. The fourth-order valence-corrected chi connectivity index (χ4v) is 4.77. The van der Waals surface area contributed by atoms with Crippen molar-refractivity contribution in [2.24, 2.45) is 17.8 Å². The fourth-order valence-electron chi connectivity index (χ4n) is 4.77. The zero-order chi connectivity index (χ0) is 19.1. The predicted octanol–water partition coefficient (Wildman–Crippen LogP) is 7.40. The normalized spacial score (nSPS) is 28.7. The summed E-state index contributed by atoms with van der Waals surface area (Å²) < 4.78 is 26.5. The monoisotopic (exact) mass is 370 g/mol. The minimum atomic E-state index is -0.760. The molecule has 0 aliphatic heterocycles. The van der Waals surface area contributed by atoms with E-state index in [0.717, 1.165) is 43.1 Å². The van der Waals surface area contributed by atoms with Gasteiger partial charge in [-0.25, -0.2) is 8.78 Å². The Bertz CT molecular complexity index is 678. The van der Waals surface area contributed by atoms with Gasteiger partial charge in [-0.15, -0.1) is 0 Å². The molecule has 1 aromatic rings. The van der Waals surface area contributed by atoms with E-state index >= 15 is 0 Å². The lowest BCUT2D eigenvalue weighted by atomic mass is 9.79. The van der Waals surface area contributed by atoms with Crippen LogP contribution in [0, 0.1) is 41.2 Å². The molecule has 0 aromatic heterocycles. The highest BCUT2D eigenvalue weighted by Gasteiger charge is 2.22. The van der Waals surface area contributed by atoms with Crippen LogP contribution in [-0.2, 0) is 0 Å². The first kappa shape index (κ1) is 20.1. The first-order chi connectivity index (χ1) is 13.2. The van der Waals surface area contributed by atoms with Crippen molar-refractivity contribution in [3.63, 3.8) is 0 Å². The SMILES string of the molecule is CCC[C@H]1CC[C@H](C=CC#C[C@H]2CC[C@H](c3ccc(F)c(F)c3)CC2)CC1. The molecule has 0 N–H and O–H groups in total. The average molecular weight is 371 g/mol. The van der Waals surface area contributed by atoms with Crippen LogP contribution in [0.1, 0.15) is 82.6 Å². The molecule has 0 heterocycles. The molecule has 0 radical (unpaired) electrons. The molecule has 0 spiro atoms. The van der Waals surface area contributed by atoms with Crippen LogP contribution in [0.3, 0.4) is 0 Å². The number of halogens is 2. The van der Waals surface area contributed by atoms with Gasteiger partial charge in [-0.05, 0) is 92.9 Å². The van der Waals surface area contributed by atoms with Gasteiger partial charge in [-0.2, -0.15) is 0 Å². The molecule has 0 atom stereocenters. The van der Waals surface area contributed by atoms with Gasteiger partial charge < -0.3 is 0 Å². The molecule has 3 rings (SSSR count). The lowest BCUT2D eigenvalue weighted by Crippen LogP contribution is -2.13. The van der Waals surface area contributed by atoms with Crippen LogP contribution in [0.25, 0.3) is 0 Å². The Hall–Kier alpha value is -1.62. The van der Waals surface area contributed by atoms with Crippen LogP contribution in [0.5, 0.6) is 0 Å². The maximum absolute atomic E-state index is 13.4. The van der Waals surface area contributed by atoms with Gasteiger partial charge in [0.1, 0.15) is 0 Å². The summed E-state index contributed by atoms with van der Waals surface area (Å²) in [4.78, 5) is 0. The van der Waals surface area contributed by atoms with Crippen molar-refractivity contribution < 1.29 is 8.78 Å². The van der Waals surface area contributed by atoms with Crippen molar-refractivity contribution in [3.05, 3.63) is 47.5 Å². The summed E-state index contributed by atoms with van der Waals surface area (Å²) in [6.07, 6.45) is 16.6. The van der Waals surface area contributed by atoms with Gasteiger partial charge in [0.2, 0.25) is 0 Å². The Balaban J connectivity index is 1.41. The Morgan fingerprint density at radius 3 is 2.37 bits per heavy atom. The van der Waals surface area contributed by atoms with Crippen LogP contribution in [0.2, 0.25) is 0 Å². The number of allylic oxidation sites excluding steroid dienone is 2. The second kappa shape index (κ2) is 10.1. The van der Waals surface area contributed by atoms with E-state index in [1.165, 1.54) is 50.7 Å². The number of hydrogen-bond donors (Lipinski definition) is 0. The molecule has 2 fully saturated rings. The Morgan fingerprint density at radius 1 is 0.963 bits per heavy atom. The van der Waals surface area contributed by atoms with Gasteiger partial charge in [-0.3, -0.25) is 0 Å². The van der Waals surface area contributed by atoms with Crippen LogP contribution in [0.4, 0.5) is 8.78 Å². The van der Waals surface area contributed by atoms with Gasteiger partial charge >= 0.3 is 0 Å². The van der Waals surface area contributed by atoms with Gasteiger partial charge in [-0.1, -0.05) is 43.7 Å². The topological polar surface area (TPSA) is 0 Å². The van der Waals surface area contributed by atoms with E-state index in [2.05, 4.69) is 30.9 Å². The second-order valence-electron chi connectivity index (χ2n) is 8.44. The minimum absolute atomic E-state index is 0.340. The van der Waals surface area contributed by atoms with Crippen molar-refractivity contribution in [1.82, 2.24) is 0 Å². The molecule has 2 heteroatoms. The number of hydrogen-bond acceptors (Lipinski definition) is 0. The maximum atomic E-state index is 13.4. The molecule has 146 valence electrons. The van der Waals surface area contributed by atoms with E-state index in [0.29, 0.717) is 11.8 Å². The summed E-state index contributed by atoms with van der Waals surface area (Å²) in [5, 5.41) is 0. The first-order valence-electron chi connectivity index (χ1n) is 10.8. The van der Waals surface area contributed by atoms with Crippen LogP contribution in [-0.4, -0.2) is 0 Å². The average Bonchev–Trinajstić information content (AvgIpc) is 2.69. The number of rotatable bonds is 4. The molecule has 27 heavy (non-hydrogen) atoms. The first-order valence-corrected chi connectivity index (χ1v) is 10.8. The molecular formula is C25H32F2. The Kier molecular flexibility index (Phi) is 7.50. The predicted molar refractivity (Wildman–Crippen MR) is 108 cm³/mol. The summed E-state index contributed by atoms with van der Waals surface area (Å²) in [7, 11) is 0. The Morgan fingerprint density at radius 2 is 1.70 bits per heavy atom. The summed E-state index contributed by atoms with van der Waals surface area (Å²) in [6, 6.07) is 4.34. The third-order valence-electron chi connectivity index (χ3n) is 6.47. The van der Waals surface area contributed by atoms with Gasteiger partial charge in [0.05, 0.1) is 0 Å². The van der Waals surface area contributed by atoms with Gasteiger partial charge in [0.15, 0.2) is 11.6 Å². The van der Waals surface area contributed by atoms with E-state index in [-0.39, 0.29) is 0 Å². The molecular weight excluding hydrogens is 338 g/mol. The van der Waals surface area contributed by atoms with Gasteiger partial charge in [0.25, 0.3) is 0 Å². The zero-order valence-corrected chi connectivity index (χ0v) is 16.5. The summed E-state index contributed by atoms with van der Waals surface area (Å²) >= 11 is 0. The van der Waals surface area contributed by atoms with Crippen LogP contribution in [0.15, 0.2) is 30.4 Å². The standard InChI is InChI=1S/C25H32F2/c1-2-5-19-8-10-20(11-9-19)6-3-4-7-21-12-14-22(15-13-21)23-16-17-24(26)25(27)18-23/h3,6,16-22H,2,5,8-15H2,1H3/t19-,20-,21-,22-. The van der Waals surface area contributed by atoms with E-state index in [1.54, 1.807) is 6.07 Å². The smallest absolute Gasteiger partial charge is 0.159 e. The third-order valence-corrected chi connectivity index (χ3v) is 6.47. The lowest BCUT2D eigenvalue weighted by Gasteiger charge is -2.26. The molecule has 0 saturated heterocycles. The van der Waals surface area contributed by atoms with E-state index in [9.17, 15) is 8.78 Å². The maximum Gasteiger partial charge on any atom is 0.159 e. The summed E-state index contributed by atoms with van der Waals surface area (Å²) in [6.45, 7) is 2.28. The molecule has 2 aliphatic carbocycles. The van der Waals surface area contributed by atoms with Crippen molar-refractivity contribution >= 4 is 0 Å². The molecule has 0 unspecified atom stereocenters. The van der Waals surface area contributed by atoms with Crippen molar-refractivity contribution in [2.75, 3.05) is 0 Å². The summed E-state index contributed by atoms with van der Waals surface area (Å²) in [5.41, 5.74) is 0.930. The Labute approximate surface area is 163 Å². The summed E-state index contributed by atoms with van der Waals surface area (Å²) in [5.74, 6) is 7.64. The lowest BCUT2D eigenvalue weighted by molar-refractivity contribution is 0.294. The van der Waals surface area contributed by atoms with Crippen molar-refractivity contribution in [3.8, 4) is 11.8 Å². The molecule has 1 aromatic carbocycles. The minimum Gasteiger partial charge on any atom is -0.204 e. The van der Waals surface area contributed by atoms with Gasteiger partial charge in [0, 0.05) is 5.92 Å². The zero-order valence-electron chi connectivity index (χ0n) is 16.5. The second-order valence-corrected chi connectivity index (χ2v) is 8.44. The van der Waals surface area contributed by atoms with Crippen molar-refractivity contribution in [1.29, 1.82) is 0 Å². The largest absolute Gasteiger partial charge is 0.204 e. The highest BCUT2D eigenvalue weighted by atomic mass is 19.2. The van der Waals surface area contributed by atoms with E-state index < -0.39 is 11.6 Å². The van der Waals surface area contributed by atoms with E-state index in [4.69, 9.17) is 0 Å². The highest BCUT2D eigenvalue weighted by molar-refractivity contribution is 5.23. The highest BCUT2D eigenvalue weighted by Crippen LogP contribution is 2.36. The van der Waals surface area contributed by atoms with Crippen LogP contribution < -0.4 is 0 Å². The molecule has 0 nitrogen and oxygen atoms in total. The molecule has 0 bridgehead atoms. The van der Waals surface area contributed by atoms with Crippen LogP contribution >= 0.6 is 0 Å².